The molecule has 0 unspecified atom stereocenters. The van der Waals surface area contributed by atoms with Crippen molar-refractivity contribution >= 4 is 11.9 Å². The van der Waals surface area contributed by atoms with Crippen LogP contribution in [0, 0.1) is 0 Å². The van der Waals surface area contributed by atoms with Crippen molar-refractivity contribution in [3.05, 3.63) is 0 Å². The highest BCUT2D eigenvalue weighted by Gasteiger charge is 2.22. The molecule has 0 aliphatic heterocycles. The lowest BCUT2D eigenvalue weighted by atomic mass is 10.1. The van der Waals surface area contributed by atoms with Crippen LogP contribution >= 0.6 is 0 Å². The van der Waals surface area contributed by atoms with Crippen molar-refractivity contribution in [3.63, 3.8) is 0 Å². The fourth-order valence-electron chi connectivity index (χ4n) is 1.30. The molecule has 0 atom stereocenters. The first-order chi connectivity index (χ1) is 7.90. The molecule has 0 bridgehead atoms. The normalized spacial score (nSPS) is 16.6. The Morgan fingerprint density at radius 2 is 2.06 bits per heavy atom. The number of carbonyl (C=O) groups is 1. The Morgan fingerprint density at radius 1 is 1.41 bits per heavy atom. The second kappa shape index (κ2) is 5.86. The van der Waals surface area contributed by atoms with Gasteiger partial charge >= 0.3 is 0 Å². The van der Waals surface area contributed by atoms with Crippen molar-refractivity contribution in [2.45, 2.75) is 51.6 Å². The lowest BCUT2D eigenvalue weighted by Crippen LogP contribution is -2.43. The maximum absolute atomic E-state index is 11.5. The quantitative estimate of drug-likeness (QED) is 0.239. The van der Waals surface area contributed by atoms with Crippen LogP contribution in [0.4, 0.5) is 0 Å². The van der Waals surface area contributed by atoms with Crippen LogP contribution in [0.5, 0.6) is 0 Å². The van der Waals surface area contributed by atoms with Crippen LogP contribution in [0.2, 0.25) is 0 Å². The zero-order chi connectivity index (χ0) is 12.9. The zero-order valence-corrected chi connectivity index (χ0v) is 10.8. The molecule has 5 N–H and O–H groups in total. The number of hydrogen-bond acceptors (Lipinski definition) is 3. The van der Waals surface area contributed by atoms with Gasteiger partial charge in [-0.1, -0.05) is 0 Å². The molecule has 0 spiro atoms. The Balaban J connectivity index is 2.23. The van der Waals surface area contributed by atoms with Crippen LogP contribution in [0.1, 0.15) is 40.0 Å². The maximum atomic E-state index is 11.5. The average molecular weight is 241 g/mol. The molecule has 0 saturated heterocycles. The van der Waals surface area contributed by atoms with E-state index in [9.17, 15) is 4.79 Å². The predicted molar refractivity (Wildman–Crippen MR) is 68.3 cm³/mol. The number of hydrogen-bond donors (Lipinski definition) is 4. The third-order valence-electron chi connectivity index (χ3n) is 2.18. The van der Waals surface area contributed by atoms with Crippen LogP contribution in [0.3, 0.4) is 0 Å². The Labute approximate surface area is 102 Å². The second-order valence-electron chi connectivity index (χ2n) is 5.34. The Bertz CT molecular complexity index is 291. The fraction of sp³-hybridized carbons (Fsp3) is 0.818. The van der Waals surface area contributed by atoms with E-state index in [-0.39, 0.29) is 11.4 Å². The molecular weight excluding hydrogens is 218 g/mol. The monoisotopic (exact) mass is 241 g/mol. The van der Waals surface area contributed by atoms with E-state index in [2.05, 4.69) is 21.1 Å². The van der Waals surface area contributed by atoms with E-state index in [4.69, 9.17) is 5.84 Å². The summed E-state index contributed by atoms with van der Waals surface area (Å²) in [7, 11) is 0. The van der Waals surface area contributed by atoms with Crippen LogP contribution in [0.15, 0.2) is 4.99 Å². The standard InChI is InChI=1S/C11H23N5O/c1-11(2,3)15-9(17)6-7-13-10(16-12)14-8-4-5-8/h8H,4-7,12H2,1-3H3,(H,15,17)(H2,13,14,16). The Kier molecular flexibility index (Phi) is 4.74. The number of amides is 1. The van der Waals surface area contributed by atoms with E-state index in [1.54, 1.807) is 0 Å². The van der Waals surface area contributed by atoms with Gasteiger partial charge in [0.25, 0.3) is 0 Å². The third-order valence-corrected chi connectivity index (χ3v) is 2.18. The van der Waals surface area contributed by atoms with Gasteiger partial charge < -0.3 is 10.6 Å². The summed E-state index contributed by atoms with van der Waals surface area (Å²) < 4.78 is 0. The molecule has 6 nitrogen and oxygen atoms in total. The minimum absolute atomic E-state index is 0.00374. The summed E-state index contributed by atoms with van der Waals surface area (Å²) in [5.41, 5.74) is 2.31. The zero-order valence-electron chi connectivity index (χ0n) is 10.8. The molecule has 0 aromatic carbocycles. The summed E-state index contributed by atoms with van der Waals surface area (Å²) in [6, 6.07) is 0.494. The summed E-state index contributed by atoms with van der Waals surface area (Å²) >= 11 is 0. The van der Waals surface area contributed by atoms with Gasteiger partial charge in [-0.3, -0.25) is 15.2 Å². The SMILES string of the molecule is CC(C)(C)NC(=O)CCN=C(NN)NC1CC1. The van der Waals surface area contributed by atoms with Gasteiger partial charge in [-0.2, -0.15) is 0 Å². The molecule has 1 saturated carbocycles. The summed E-state index contributed by atoms with van der Waals surface area (Å²) in [5.74, 6) is 5.89. The van der Waals surface area contributed by atoms with E-state index in [0.29, 0.717) is 25.0 Å². The molecule has 98 valence electrons. The van der Waals surface area contributed by atoms with E-state index in [1.807, 2.05) is 20.8 Å². The first-order valence-electron chi connectivity index (χ1n) is 5.99. The molecule has 1 amide bonds. The molecule has 17 heavy (non-hydrogen) atoms. The van der Waals surface area contributed by atoms with Gasteiger partial charge in [0, 0.05) is 18.0 Å². The number of aliphatic imine (C=N–C) groups is 1. The number of nitrogens with two attached hydrogens (primary N) is 1. The number of rotatable bonds is 4. The predicted octanol–water partition coefficient (Wildman–Crippen LogP) is -0.137. The summed E-state index contributed by atoms with van der Waals surface area (Å²) in [5, 5.41) is 6.03. The van der Waals surface area contributed by atoms with Crippen molar-refractivity contribution in [2.75, 3.05) is 6.54 Å². The van der Waals surface area contributed by atoms with Gasteiger partial charge in [-0.25, -0.2) is 5.84 Å². The van der Waals surface area contributed by atoms with Gasteiger partial charge in [-0.15, -0.1) is 0 Å². The van der Waals surface area contributed by atoms with Crippen molar-refractivity contribution in [2.24, 2.45) is 10.8 Å². The minimum Gasteiger partial charge on any atom is -0.353 e. The van der Waals surface area contributed by atoms with E-state index < -0.39 is 0 Å². The summed E-state index contributed by atoms with van der Waals surface area (Å²) in [6.45, 7) is 6.29. The maximum Gasteiger partial charge on any atom is 0.222 e. The smallest absolute Gasteiger partial charge is 0.222 e. The van der Waals surface area contributed by atoms with Crippen LogP contribution in [0.25, 0.3) is 0 Å². The molecule has 1 rings (SSSR count). The van der Waals surface area contributed by atoms with Gasteiger partial charge in [0.1, 0.15) is 0 Å². The van der Waals surface area contributed by atoms with E-state index in [1.165, 1.54) is 0 Å². The highest BCUT2D eigenvalue weighted by molar-refractivity contribution is 5.81. The van der Waals surface area contributed by atoms with Crippen LogP contribution in [-0.4, -0.2) is 30.0 Å². The Hall–Kier alpha value is -1.30. The van der Waals surface area contributed by atoms with Gasteiger partial charge in [0.2, 0.25) is 11.9 Å². The van der Waals surface area contributed by atoms with Crippen molar-refractivity contribution in [1.82, 2.24) is 16.1 Å². The molecule has 1 aliphatic carbocycles. The van der Waals surface area contributed by atoms with Gasteiger partial charge in [0.15, 0.2) is 0 Å². The first-order valence-corrected chi connectivity index (χ1v) is 5.99. The third kappa shape index (κ3) is 6.78. The van der Waals surface area contributed by atoms with Crippen molar-refractivity contribution in [3.8, 4) is 0 Å². The topological polar surface area (TPSA) is 91.5 Å². The number of nitrogens with zero attached hydrogens (tertiary/aromatic N) is 1. The second-order valence-corrected chi connectivity index (χ2v) is 5.34. The highest BCUT2D eigenvalue weighted by Crippen LogP contribution is 2.18. The number of nitrogens with one attached hydrogen (secondary N) is 3. The number of carbonyl (C=O) groups excluding carboxylic acids is 1. The highest BCUT2D eigenvalue weighted by atomic mass is 16.1. The fourth-order valence-corrected chi connectivity index (χ4v) is 1.30. The molecule has 1 aliphatic rings. The molecule has 0 heterocycles. The van der Waals surface area contributed by atoms with Gasteiger partial charge in [0.05, 0.1) is 6.54 Å². The molecular formula is C11H23N5O. The average Bonchev–Trinajstić information content (AvgIpc) is 2.97. The van der Waals surface area contributed by atoms with Crippen molar-refractivity contribution < 1.29 is 4.79 Å². The van der Waals surface area contributed by atoms with Crippen LogP contribution in [-0.2, 0) is 4.79 Å². The number of hydrazine groups is 1. The Morgan fingerprint density at radius 3 is 2.53 bits per heavy atom. The summed E-state index contributed by atoms with van der Waals surface area (Å²) in [6.07, 6.45) is 2.69. The largest absolute Gasteiger partial charge is 0.353 e. The lowest BCUT2D eigenvalue weighted by Gasteiger charge is -2.20. The van der Waals surface area contributed by atoms with E-state index in [0.717, 1.165) is 12.8 Å². The lowest BCUT2D eigenvalue weighted by molar-refractivity contribution is -0.122. The summed E-state index contributed by atoms with van der Waals surface area (Å²) in [4.78, 5) is 15.7. The molecule has 0 radical (unpaired) electrons. The minimum atomic E-state index is -0.192. The first kappa shape index (κ1) is 13.8. The molecule has 6 heteroatoms. The molecule has 0 aromatic rings. The number of guanidine groups is 1. The van der Waals surface area contributed by atoms with Gasteiger partial charge in [-0.05, 0) is 33.6 Å². The molecule has 1 fully saturated rings. The van der Waals surface area contributed by atoms with E-state index >= 15 is 0 Å². The van der Waals surface area contributed by atoms with Crippen molar-refractivity contribution in [1.29, 1.82) is 0 Å². The van der Waals surface area contributed by atoms with Crippen LogP contribution < -0.4 is 21.9 Å². The molecule has 0 aromatic heterocycles.